The molecule has 0 radical (unpaired) electrons. The second-order valence-electron chi connectivity index (χ2n) is 5.93. The molecule has 0 aliphatic heterocycles. The fourth-order valence-corrected chi connectivity index (χ4v) is 1.72. The molecule has 0 bridgehead atoms. The number of nitrogens with two attached hydrogens (primary N) is 1. The Balaban J connectivity index is 2.34. The lowest BCUT2D eigenvalue weighted by atomic mass is 9.85. The van der Waals surface area contributed by atoms with Crippen LogP contribution in [0.5, 0.6) is 0 Å². The van der Waals surface area contributed by atoms with Crippen molar-refractivity contribution in [2.24, 2.45) is 0 Å². The van der Waals surface area contributed by atoms with Crippen molar-refractivity contribution in [3.8, 4) is 0 Å². The first-order valence-electron chi connectivity index (χ1n) is 6.16. The maximum absolute atomic E-state index is 13.9. The number of halogens is 2. The summed E-state index contributed by atoms with van der Waals surface area (Å²) in [6.07, 6.45) is -2.13. The summed E-state index contributed by atoms with van der Waals surface area (Å²) in [5.74, 6) is 0. The Labute approximate surface area is 106 Å². The van der Waals surface area contributed by atoms with Gasteiger partial charge in [0.25, 0.3) is 0 Å². The normalized spacial score (nSPS) is 16.9. The number of anilines is 1. The molecule has 1 saturated carbocycles. The first-order chi connectivity index (χ1) is 8.18. The van der Waals surface area contributed by atoms with Crippen molar-refractivity contribution >= 4 is 5.69 Å². The summed E-state index contributed by atoms with van der Waals surface area (Å²) in [5.41, 5.74) is 6.47. The SMILES string of the molecule is CC(C)(C)c1cc(N)cc(C(F)(F)OC2CC2)c1. The lowest BCUT2D eigenvalue weighted by Crippen LogP contribution is -2.21. The number of ether oxygens (including phenoxy) is 1. The van der Waals surface area contributed by atoms with Crippen LogP contribution in [0.3, 0.4) is 0 Å². The largest absolute Gasteiger partial charge is 0.399 e. The van der Waals surface area contributed by atoms with Gasteiger partial charge in [-0.05, 0) is 42.0 Å². The molecule has 0 aromatic heterocycles. The molecule has 0 unspecified atom stereocenters. The molecule has 1 aliphatic carbocycles. The molecule has 1 aromatic rings. The molecular weight excluding hydrogens is 236 g/mol. The van der Waals surface area contributed by atoms with Crippen LogP contribution in [0.2, 0.25) is 0 Å². The van der Waals surface area contributed by atoms with Gasteiger partial charge in [0.1, 0.15) is 0 Å². The zero-order valence-corrected chi connectivity index (χ0v) is 11.0. The van der Waals surface area contributed by atoms with E-state index in [9.17, 15) is 8.78 Å². The van der Waals surface area contributed by atoms with E-state index >= 15 is 0 Å². The van der Waals surface area contributed by atoms with Crippen LogP contribution in [0.4, 0.5) is 14.5 Å². The summed E-state index contributed by atoms with van der Waals surface area (Å²) in [6.45, 7) is 5.89. The van der Waals surface area contributed by atoms with E-state index in [0.29, 0.717) is 18.5 Å². The highest BCUT2D eigenvalue weighted by Gasteiger charge is 2.40. The quantitative estimate of drug-likeness (QED) is 0.834. The number of hydrogen-bond acceptors (Lipinski definition) is 2. The Bertz CT molecular complexity index is 448. The molecule has 1 fully saturated rings. The lowest BCUT2D eigenvalue weighted by Gasteiger charge is -2.23. The summed E-state index contributed by atoms with van der Waals surface area (Å²) in [4.78, 5) is 0. The Kier molecular flexibility index (Phi) is 3.09. The number of nitrogen functional groups attached to an aromatic ring is 1. The van der Waals surface area contributed by atoms with Gasteiger partial charge in [-0.15, -0.1) is 0 Å². The van der Waals surface area contributed by atoms with Crippen LogP contribution in [0.1, 0.15) is 44.7 Å². The van der Waals surface area contributed by atoms with Crippen LogP contribution in [0.25, 0.3) is 0 Å². The lowest BCUT2D eigenvalue weighted by molar-refractivity contribution is -0.255. The van der Waals surface area contributed by atoms with Crippen molar-refractivity contribution in [2.75, 3.05) is 5.73 Å². The van der Waals surface area contributed by atoms with Gasteiger partial charge in [0.05, 0.1) is 11.7 Å². The van der Waals surface area contributed by atoms with Crippen molar-refractivity contribution in [1.82, 2.24) is 0 Å². The molecule has 0 saturated heterocycles. The van der Waals surface area contributed by atoms with E-state index in [-0.39, 0.29) is 17.1 Å². The number of benzene rings is 1. The van der Waals surface area contributed by atoms with Crippen molar-refractivity contribution in [3.05, 3.63) is 29.3 Å². The van der Waals surface area contributed by atoms with Crippen LogP contribution in [-0.2, 0) is 16.3 Å². The Morgan fingerprint density at radius 3 is 2.17 bits per heavy atom. The van der Waals surface area contributed by atoms with E-state index in [1.54, 1.807) is 6.07 Å². The van der Waals surface area contributed by atoms with Crippen LogP contribution in [0.15, 0.2) is 18.2 Å². The summed E-state index contributed by atoms with van der Waals surface area (Å²) < 4.78 is 32.6. The average molecular weight is 255 g/mol. The third-order valence-electron chi connectivity index (χ3n) is 3.00. The molecule has 1 aromatic carbocycles. The molecule has 2 rings (SSSR count). The van der Waals surface area contributed by atoms with Gasteiger partial charge in [0, 0.05) is 5.69 Å². The highest BCUT2D eigenvalue weighted by Crippen LogP contribution is 2.39. The Hall–Kier alpha value is -1.16. The van der Waals surface area contributed by atoms with Crippen LogP contribution < -0.4 is 5.73 Å². The molecule has 0 amide bonds. The smallest absolute Gasteiger partial charge is 0.383 e. The highest BCUT2D eigenvalue weighted by molar-refractivity contribution is 5.47. The van der Waals surface area contributed by atoms with Gasteiger partial charge in [-0.25, -0.2) is 0 Å². The Morgan fingerprint density at radius 1 is 1.11 bits per heavy atom. The van der Waals surface area contributed by atoms with Crippen molar-refractivity contribution in [1.29, 1.82) is 0 Å². The van der Waals surface area contributed by atoms with Gasteiger partial charge in [-0.1, -0.05) is 20.8 Å². The van der Waals surface area contributed by atoms with E-state index in [0.717, 1.165) is 5.56 Å². The summed E-state index contributed by atoms with van der Waals surface area (Å²) >= 11 is 0. The fraction of sp³-hybridized carbons (Fsp3) is 0.571. The van der Waals surface area contributed by atoms with E-state index in [1.807, 2.05) is 20.8 Å². The molecular formula is C14H19F2NO. The zero-order chi connectivity index (χ0) is 13.6. The minimum absolute atomic E-state index is 0.153. The zero-order valence-electron chi connectivity index (χ0n) is 11.0. The number of rotatable bonds is 3. The van der Waals surface area contributed by atoms with Crippen molar-refractivity contribution in [3.63, 3.8) is 0 Å². The number of alkyl halides is 2. The summed E-state index contributed by atoms with van der Waals surface area (Å²) in [5, 5.41) is 0. The molecule has 2 nitrogen and oxygen atoms in total. The molecule has 4 heteroatoms. The minimum atomic E-state index is -3.25. The predicted molar refractivity (Wildman–Crippen MR) is 67.6 cm³/mol. The van der Waals surface area contributed by atoms with E-state index in [4.69, 9.17) is 10.5 Å². The summed E-state index contributed by atoms with van der Waals surface area (Å²) in [7, 11) is 0. The molecule has 18 heavy (non-hydrogen) atoms. The summed E-state index contributed by atoms with van der Waals surface area (Å²) in [6, 6.07) is 4.51. The van der Waals surface area contributed by atoms with Gasteiger partial charge in [-0.2, -0.15) is 8.78 Å². The molecule has 0 heterocycles. The maximum atomic E-state index is 13.9. The van der Waals surface area contributed by atoms with Crippen LogP contribution in [-0.4, -0.2) is 6.10 Å². The highest BCUT2D eigenvalue weighted by atomic mass is 19.3. The van der Waals surface area contributed by atoms with E-state index < -0.39 is 6.11 Å². The number of hydrogen-bond donors (Lipinski definition) is 1. The maximum Gasteiger partial charge on any atom is 0.383 e. The van der Waals surface area contributed by atoms with Gasteiger partial charge >= 0.3 is 6.11 Å². The van der Waals surface area contributed by atoms with Crippen LogP contribution in [0, 0.1) is 0 Å². The monoisotopic (exact) mass is 255 g/mol. The molecule has 0 atom stereocenters. The second-order valence-corrected chi connectivity index (χ2v) is 5.93. The predicted octanol–water partition coefficient (Wildman–Crippen LogP) is 3.79. The van der Waals surface area contributed by atoms with Gasteiger partial charge in [0.2, 0.25) is 0 Å². The van der Waals surface area contributed by atoms with Crippen molar-refractivity contribution in [2.45, 2.75) is 51.2 Å². The van der Waals surface area contributed by atoms with Crippen molar-refractivity contribution < 1.29 is 13.5 Å². The third kappa shape index (κ3) is 2.99. The van der Waals surface area contributed by atoms with Gasteiger partial charge < -0.3 is 10.5 Å². The van der Waals surface area contributed by atoms with Gasteiger partial charge in [0.15, 0.2) is 0 Å². The van der Waals surface area contributed by atoms with E-state index in [1.165, 1.54) is 12.1 Å². The molecule has 100 valence electrons. The first kappa shape index (κ1) is 13.3. The average Bonchev–Trinajstić information content (AvgIpc) is 2.98. The topological polar surface area (TPSA) is 35.2 Å². The third-order valence-corrected chi connectivity index (χ3v) is 3.00. The molecule has 0 spiro atoms. The van der Waals surface area contributed by atoms with E-state index in [2.05, 4.69) is 0 Å². The second kappa shape index (κ2) is 4.19. The minimum Gasteiger partial charge on any atom is -0.399 e. The molecule has 2 N–H and O–H groups in total. The molecule has 1 aliphatic rings. The van der Waals surface area contributed by atoms with Crippen LogP contribution >= 0.6 is 0 Å². The van der Waals surface area contributed by atoms with Gasteiger partial charge in [-0.3, -0.25) is 0 Å². The first-order valence-corrected chi connectivity index (χ1v) is 6.16. The fourth-order valence-electron chi connectivity index (χ4n) is 1.72. The Morgan fingerprint density at radius 2 is 1.67 bits per heavy atom. The standard InChI is InChI=1S/C14H19F2NO/c1-13(2,3)9-6-10(8-11(17)7-9)14(15,16)18-12-4-5-12/h6-8,12H,4-5,17H2,1-3H3.